The fourth-order valence-corrected chi connectivity index (χ4v) is 3.98. The first-order chi connectivity index (χ1) is 9.86. The second kappa shape index (κ2) is 6.39. The molecule has 0 N–H and O–H groups in total. The van der Waals surface area contributed by atoms with Gasteiger partial charge in [0.2, 0.25) is 10.0 Å². The number of hydrogen-bond acceptors (Lipinski definition) is 4. The van der Waals surface area contributed by atoms with Gasteiger partial charge in [0.05, 0.1) is 22.6 Å². The third-order valence-corrected chi connectivity index (χ3v) is 5.94. The molecule has 0 spiro atoms. The van der Waals surface area contributed by atoms with E-state index in [2.05, 4.69) is 4.98 Å². The summed E-state index contributed by atoms with van der Waals surface area (Å²) in [4.78, 5) is 3.99. The van der Waals surface area contributed by atoms with Crippen LogP contribution in [0.2, 0.25) is 0 Å². The summed E-state index contributed by atoms with van der Waals surface area (Å²) in [6.07, 6.45) is 0. The molecule has 114 valence electrons. The van der Waals surface area contributed by atoms with Crippen molar-refractivity contribution in [3.63, 3.8) is 0 Å². The summed E-state index contributed by atoms with van der Waals surface area (Å²) in [6, 6.07) is 2.67. The number of sulfonamides is 1. The lowest BCUT2D eigenvalue weighted by molar-refractivity contribution is 0.461. The Hall–Kier alpha value is -1.02. The van der Waals surface area contributed by atoms with Crippen LogP contribution in [0.4, 0.5) is 4.39 Å². The number of rotatable bonds is 5. The van der Waals surface area contributed by atoms with Crippen LogP contribution < -0.4 is 0 Å². The quantitative estimate of drug-likeness (QED) is 0.780. The molecular formula is C13H14ClFN2O2S2. The first kappa shape index (κ1) is 16.4. The summed E-state index contributed by atoms with van der Waals surface area (Å²) in [7, 11) is -2.36. The molecular weight excluding hydrogens is 335 g/mol. The van der Waals surface area contributed by atoms with Gasteiger partial charge in [0, 0.05) is 23.9 Å². The standard InChI is InChI=1S/C13H14ClFN2O2S2/c1-9-12(15)3-10(5-14)4-13(9)21(18,19)17(2)6-11-7-20-8-16-11/h3-4,7-8H,5-6H2,1-2H3. The summed E-state index contributed by atoms with van der Waals surface area (Å²) in [5.41, 5.74) is 2.81. The molecule has 0 radical (unpaired) electrons. The Bertz CT molecular complexity index is 733. The van der Waals surface area contributed by atoms with Gasteiger partial charge in [0.15, 0.2) is 0 Å². The van der Waals surface area contributed by atoms with Crippen LogP contribution >= 0.6 is 22.9 Å². The molecule has 0 amide bonds. The molecule has 0 saturated carbocycles. The highest BCUT2D eigenvalue weighted by Gasteiger charge is 2.25. The van der Waals surface area contributed by atoms with Gasteiger partial charge in [0.1, 0.15) is 5.82 Å². The molecule has 1 aromatic heterocycles. The Kier molecular flexibility index (Phi) is 4.98. The lowest BCUT2D eigenvalue weighted by Gasteiger charge is -2.18. The van der Waals surface area contributed by atoms with E-state index in [1.807, 2.05) is 0 Å². The van der Waals surface area contributed by atoms with Gasteiger partial charge >= 0.3 is 0 Å². The third kappa shape index (κ3) is 3.42. The van der Waals surface area contributed by atoms with E-state index in [1.54, 1.807) is 10.9 Å². The van der Waals surface area contributed by atoms with E-state index in [-0.39, 0.29) is 22.9 Å². The van der Waals surface area contributed by atoms with Gasteiger partial charge in [-0.25, -0.2) is 17.8 Å². The highest BCUT2D eigenvalue weighted by molar-refractivity contribution is 7.89. The van der Waals surface area contributed by atoms with Gasteiger partial charge in [-0.05, 0) is 24.6 Å². The fourth-order valence-electron chi connectivity index (χ4n) is 1.85. The van der Waals surface area contributed by atoms with Gasteiger partial charge in [-0.15, -0.1) is 22.9 Å². The molecule has 2 rings (SSSR count). The molecule has 0 aliphatic carbocycles. The number of alkyl halides is 1. The van der Waals surface area contributed by atoms with E-state index in [9.17, 15) is 12.8 Å². The molecule has 0 fully saturated rings. The van der Waals surface area contributed by atoms with E-state index in [0.29, 0.717) is 11.3 Å². The second-order valence-corrected chi connectivity index (χ2v) is 7.57. The number of aromatic nitrogens is 1. The van der Waals surface area contributed by atoms with Crippen molar-refractivity contribution >= 4 is 33.0 Å². The number of nitrogens with zero attached hydrogens (tertiary/aromatic N) is 2. The average molecular weight is 349 g/mol. The van der Waals surface area contributed by atoms with Crippen molar-refractivity contribution in [2.75, 3.05) is 7.05 Å². The molecule has 4 nitrogen and oxygen atoms in total. The minimum absolute atomic E-state index is 0.0511. The maximum Gasteiger partial charge on any atom is 0.243 e. The lowest BCUT2D eigenvalue weighted by atomic mass is 10.1. The average Bonchev–Trinajstić information content (AvgIpc) is 2.94. The largest absolute Gasteiger partial charge is 0.248 e. The van der Waals surface area contributed by atoms with Gasteiger partial charge < -0.3 is 0 Å². The third-order valence-electron chi connectivity index (χ3n) is 3.07. The molecule has 0 aliphatic heterocycles. The zero-order chi connectivity index (χ0) is 15.6. The summed E-state index contributed by atoms with van der Waals surface area (Å²) >= 11 is 7.07. The van der Waals surface area contributed by atoms with E-state index in [1.165, 1.54) is 37.4 Å². The van der Waals surface area contributed by atoms with Crippen LogP contribution in [0.1, 0.15) is 16.8 Å². The van der Waals surface area contributed by atoms with Gasteiger partial charge in [-0.2, -0.15) is 4.31 Å². The topological polar surface area (TPSA) is 50.3 Å². The monoisotopic (exact) mass is 348 g/mol. The zero-order valence-corrected chi connectivity index (χ0v) is 13.9. The van der Waals surface area contributed by atoms with Crippen molar-refractivity contribution in [1.29, 1.82) is 0 Å². The molecule has 1 heterocycles. The van der Waals surface area contributed by atoms with Crippen LogP contribution in [0, 0.1) is 12.7 Å². The second-order valence-electron chi connectivity index (χ2n) is 4.58. The summed E-state index contributed by atoms with van der Waals surface area (Å²) in [5.74, 6) is -0.524. The molecule has 0 atom stereocenters. The van der Waals surface area contributed by atoms with Crippen LogP contribution in [0.15, 0.2) is 27.9 Å². The van der Waals surface area contributed by atoms with Crippen LogP contribution in [0.5, 0.6) is 0 Å². The van der Waals surface area contributed by atoms with Crippen molar-refractivity contribution in [3.05, 3.63) is 45.7 Å². The predicted octanol–water partition coefficient (Wildman–Crippen LogP) is 3.15. The summed E-state index contributed by atoms with van der Waals surface area (Å²) in [6.45, 7) is 1.58. The van der Waals surface area contributed by atoms with Gasteiger partial charge in [-0.1, -0.05) is 0 Å². The Labute approximate surface area is 132 Å². The van der Waals surface area contributed by atoms with Crippen molar-refractivity contribution in [2.24, 2.45) is 0 Å². The van der Waals surface area contributed by atoms with Crippen LogP contribution in [0.3, 0.4) is 0 Å². The Morgan fingerprint density at radius 1 is 1.43 bits per heavy atom. The van der Waals surface area contributed by atoms with Crippen molar-refractivity contribution in [2.45, 2.75) is 24.2 Å². The minimum atomic E-state index is -3.80. The molecule has 0 bridgehead atoms. The minimum Gasteiger partial charge on any atom is -0.248 e. The molecule has 0 saturated heterocycles. The van der Waals surface area contributed by atoms with Crippen molar-refractivity contribution in [1.82, 2.24) is 9.29 Å². The maximum absolute atomic E-state index is 13.8. The predicted molar refractivity (Wildman–Crippen MR) is 81.5 cm³/mol. The van der Waals surface area contributed by atoms with Crippen LogP contribution in [0.25, 0.3) is 0 Å². The molecule has 0 aliphatic rings. The van der Waals surface area contributed by atoms with E-state index in [4.69, 9.17) is 11.6 Å². The van der Waals surface area contributed by atoms with Gasteiger partial charge in [-0.3, -0.25) is 0 Å². The first-order valence-electron chi connectivity index (χ1n) is 6.04. The van der Waals surface area contributed by atoms with Crippen LogP contribution in [-0.4, -0.2) is 24.8 Å². The Morgan fingerprint density at radius 2 is 2.14 bits per heavy atom. The Morgan fingerprint density at radius 3 is 2.71 bits per heavy atom. The lowest BCUT2D eigenvalue weighted by Crippen LogP contribution is -2.27. The van der Waals surface area contributed by atoms with E-state index >= 15 is 0 Å². The number of halogens is 2. The van der Waals surface area contributed by atoms with Crippen molar-refractivity contribution < 1.29 is 12.8 Å². The summed E-state index contributed by atoms with van der Waals surface area (Å²) in [5, 5.41) is 1.77. The molecule has 8 heteroatoms. The SMILES string of the molecule is Cc1c(F)cc(CCl)cc1S(=O)(=O)N(C)Cc1cscn1. The smallest absolute Gasteiger partial charge is 0.243 e. The Balaban J connectivity index is 2.41. The first-order valence-corrected chi connectivity index (χ1v) is 8.96. The highest BCUT2D eigenvalue weighted by atomic mass is 35.5. The molecule has 21 heavy (non-hydrogen) atoms. The normalized spacial score (nSPS) is 12.0. The van der Waals surface area contributed by atoms with E-state index < -0.39 is 15.8 Å². The fraction of sp³-hybridized carbons (Fsp3) is 0.308. The zero-order valence-electron chi connectivity index (χ0n) is 11.5. The molecule has 1 aromatic carbocycles. The number of thiazole rings is 1. The van der Waals surface area contributed by atoms with Crippen molar-refractivity contribution in [3.8, 4) is 0 Å². The number of benzene rings is 1. The van der Waals surface area contributed by atoms with Gasteiger partial charge in [0.25, 0.3) is 0 Å². The summed E-state index contributed by atoms with van der Waals surface area (Å²) < 4.78 is 40.2. The number of hydrogen-bond donors (Lipinski definition) is 0. The van der Waals surface area contributed by atoms with Crippen LogP contribution in [-0.2, 0) is 22.4 Å². The van der Waals surface area contributed by atoms with E-state index in [0.717, 1.165) is 4.31 Å². The molecule has 0 unspecified atom stereocenters. The molecule has 2 aromatic rings. The maximum atomic E-state index is 13.8. The highest BCUT2D eigenvalue weighted by Crippen LogP contribution is 2.25.